The molecular formula is C16H22N2O2. The predicted molar refractivity (Wildman–Crippen MR) is 78.0 cm³/mol. The largest absolute Gasteiger partial charge is 0.349 e. The van der Waals surface area contributed by atoms with Crippen LogP contribution in [0.5, 0.6) is 0 Å². The van der Waals surface area contributed by atoms with E-state index in [4.69, 9.17) is 0 Å². The van der Waals surface area contributed by atoms with Gasteiger partial charge in [0.05, 0.1) is 12.0 Å². The van der Waals surface area contributed by atoms with Crippen molar-refractivity contribution in [1.82, 2.24) is 10.2 Å². The van der Waals surface area contributed by atoms with Gasteiger partial charge in [0.1, 0.15) is 0 Å². The summed E-state index contributed by atoms with van der Waals surface area (Å²) in [5.41, 5.74) is 1.07. The fourth-order valence-corrected chi connectivity index (χ4v) is 2.56. The average Bonchev–Trinajstić information content (AvgIpc) is 2.82. The van der Waals surface area contributed by atoms with E-state index in [9.17, 15) is 9.59 Å². The number of hydrogen-bond acceptors (Lipinski definition) is 2. The maximum absolute atomic E-state index is 12.3. The lowest BCUT2D eigenvalue weighted by molar-refractivity contribution is -0.130. The van der Waals surface area contributed by atoms with E-state index >= 15 is 0 Å². The third kappa shape index (κ3) is 3.18. The van der Waals surface area contributed by atoms with E-state index in [2.05, 4.69) is 5.32 Å². The second-order valence-corrected chi connectivity index (χ2v) is 5.68. The van der Waals surface area contributed by atoms with E-state index < -0.39 is 0 Å². The fourth-order valence-electron chi connectivity index (χ4n) is 2.56. The summed E-state index contributed by atoms with van der Waals surface area (Å²) in [6.07, 6.45) is 0.325. The first-order chi connectivity index (χ1) is 9.49. The van der Waals surface area contributed by atoms with Crippen molar-refractivity contribution in [3.63, 3.8) is 0 Å². The van der Waals surface area contributed by atoms with Gasteiger partial charge in [0.2, 0.25) is 11.8 Å². The lowest BCUT2D eigenvalue weighted by atomic mass is 10.1. The Kier molecular flexibility index (Phi) is 4.42. The van der Waals surface area contributed by atoms with Gasteiger partial charge >= 0.3 is 0 Å². The number of hydrogen-bond donors (Lipinski definition) is 1. The number of benzene rings is 1. The maximum Gasteiger partial charge on any atom is 0.225 e. The summed E-state index contributed by atoms with van der Waals surface area (Å²) in [4.78, 5) is 25.9. The number of carbonyl (C=O) groups excluding carboxylic acids is 2. The number of likely N-dealkylation sites (tertiary alicyclic amines) is 1. The summed E-state index contributed by atoms with van der Waals surface area (Å²) >= 11 is 0. The lowest BCUT2D eigenvalue weighted by Gasteiger charge is -2.21. The molecule has 1 aromatic rings. The Labute approximate surface area is 120 Å². The Balaban J connectivity index is 1.95. The minimum Gasteiger partial charge on any atom is -0.349 e. The number of nitrogens with one attached hydrogen (secondary N) is 1. The van der Waals surface area contributed by atoms with E-state index in [1.165, 1.54) is 0 Å². The Morgan fingerprint density at radius 2 is 1.90 bits per heavy atom. The van der Waals surface area contributed by atoms with E-state index in [-0.39, 0.29) is 29.8 Å². The second-order valence-electron chi connectivity index (χ2n) is 5.68. The third-order valence-electron chi connectivity index (χ3n) is 3.81. The number of nitrogens with zero attached hydrogens (tertiary/aromatic N) is 1. The second kappa shape index (κ2) is 6.07. The Morgan fingerprint density at radius 3 is 2.45 bits per heavy atom. The van der Waals surface area contributed by atoms with Crippen LogP contribution in [0, 0.1) is 5.92 Å². The van der Waals surface area contributed by atoms with Crippen molar-refractivity contribution in [2.24, 2.45) is 5.92 Å². The van der Waals surface area contributed by atoms with Crippen LogP contribution < -0.4 is 5.32 Å². The van der Waals surface area contributed by atoms with Crippen molar-refractivity contribution >= 4 is 11.8 Å². The van der Waals surface area contributed by atoms with Gasteiger partial charge in [-0.05, 0) is 26.3 Å². The first-order valence-corrected chi connectivity index (χ1v) is 7.14. The summed E-state index contributed by atoms with van der Waals surface area (Å²) < 4.78 is 0. The van der Waals surface area contributed by atoms with Crippen molar-refractivity contribution in [1.29, 1.82) is 0 Å². The van der Waals surface area contributed by atoms with Gasteiger partial charge in [0, 0.05) is 19.0 Å². The Hall–Kier alpha value is -1.84. The van der Waals surface area contributed by atoms with E-state index in [1.807, 2.05) is 51.1 Å². The van der Waals surface area contributed by atoms with E-state index in [0.29, 0.717) is 13.0 Å². The minimum atomic E-state index is -0.226. The molecule has 2 amide bonds. The first-order valence-electron chi connectivity index (χ1n) is 7.14. The van der Waals surface area contributed by atoms with Gasteiger partial charge < -0.3 is 10.2 Å². The monoisotopic (exact) mass is 274 g/mol. The van der Waals surface area contributed by atoms with Crippen LogP contribution in [-0.4, -0.2) is 29.3 Å². The smallest absolute Gasteiger partial charge is 0.225 e. The van der Waals surface area contributed by atoms with Crippen LogP contribution >= 0.6 is 0 Å². The molecule has 1 fully saturated rings. The van der Waals surface area contributed by atoms with Crippen molar-refractivity contribution in [2.45, 2.75) is 39.3 Å². The number of rotatable bonds is 4. The maximum atomic E-state index is 12.3. The highest BCUT2D eigenvalue weighted by molar-refractivity contribution is 5.89. The summed E-state index contributed by atoms with van der Waals surface area (Å²) in [6.45, 7) is 6.45. The van der Waals surface area contributed by atoms with E-state index in [1.54, 1.807) is 4.90 Å². The molecule has 4 nitrogen and oxygen atoms in total. The summed E-state index contributed by atoms with van der Waals surface area (Å²) in [6, 6.07) is 9.97. The third-order valence-corrected chi connectivity index (χ3v) is 3.81. The zero-order valence-electron chi connectivity index (χ0n) is 12.3. The molecule has 1 heterocycles. The Bertz CT molecular complexity index is 485. The van der Waals surface area contributed by atoms with Gasteiger partial charge in [0.25, 0.3) is 0 Å². The highest BCUT2D eigenvalue weighted by Gasteiger charge is 2.35. The normalized spacial score (nSPS) is 20.3. The van der Waals surface area contributed by atoms with Crippen molar-refractivity contribution in [3.8, 4) is 0 Å². The molecular weight excluding hydrogens is 252 g/mol. The van der Waals surface area contributed by atoms with Crippen molar-refractivity contribution in [3.05, 3.63) is 35.9 Å². The van der Waals surface area contributed by atoms with Crippen LogP contribution in [0.1, 0.15) is 38.8 Å². The molecule has 0 aromatic heterocycles. The van der Waals surface area contributed by atoms with Crippen LogP contribution in [0.25, 0.3) is 0 Å². The molecule has 0 unspecified atom stereocenters. The van der Waals surface area contributed by atoms with Crippen LogP contribution in [0.3, 0.4) is 0 Å². The molecule has 0 aliphatic carbocycles. The summed E-state index contributed by atoms with van der Waals surface area (Å²) in [5, 5.41) is 3.00. The van der Waals surface area contributed by atoms with E-state index in [0.717, 1.165) is 5.56 Å². The molecule has 4 heteroatoms. The highest BCUT2D eigenvalue weighted by Crippen LogP contribution is 2.21. The predicted octanol–water partition coefficient (Wildman–Crippen LogP) is 2.12. The Morgan fingerprint density at radius 1 is 1.25 bits per heavy atom. The summed E-state index contributed by atoms with van der Waals surface area (Å²) in [5.74, 6) is -0.179. The van der Waals surface area contributed by atoms with Crippen LogP contribution in [0.15, 0.2) is 30.3 Å². The van der Waals surface area contributed by atoms with Gasteiger partial charge in [-0.3, -0.25) is 9.59 Å². The average molecular weight is 274 g/mol. The molecule has 2 rings (SSSR count). The van der Waals surface area contributed by atoms with Crippen LogP contribution in [0.4, 0.5) is 0 Å². The number of carbonyl (C=O) groups is 2. The molecule has 108 valence electrons. The molecule has 1 aliphatic heterocycles. The van der Waals surface area contributed by atoms with Crippen molar-refractivity contribution < 1.29 is 9.59 Å². The minimum absolute atomic E-state index is 0.0298. The van der Waals surface area contributed by atoms with Crippen LogP contribution in [-0.2, 0) is 9.59 Å². The lowest BCUT2D eigenvalue weighted by Crippen LogP contribution is -2.36. The standard InChI is InChI=1S/C16H22N2O2/c1-11(2)18-10-14(9-15(18)19)16(20)17-12(3)13-7-5-4-6-8-13/h4-8,11-12,14H,9-10H2,1-3H3,(H,17,20)/t12-,14+/m0/s1. The molecule has 0 radical (unpaired) electrons. The van der Waals surface area contributed by atoms with Crippen molar-refractivity contribution in [2.75, 3.05) is 6.54 Å². The molecule has 2 atom stereocenters. The molecule has 0 spiro atoms. The van der Waals surface area contributed by atoms with Gasteiger partial charge in [-0.2, -0.15) is 0 Å². The molecule has 0 saturated carbocycles. The zero-order chi connectivity index (χ0) is 14.7. The summed E-state index contributed by atoms with van der Waals surface area (Å²) in [7, 11) is 0. The van der Waals surface area contributed by atoms with Crippen LogP contribution in [0.2, 0.25) is 0 Å². The van der Waals surface area contributed by atoms with Gasteiger partial charge in [-0.25, -0.2) is 0 Å². The topological polar surface area (TPSA) is 49.4 Å². The first kappa shape index (κ1) is 14.6. The number of amides is 2. The zero-order valence-corrected chi connectivity index (χ0v) is 12.3. The highest BCUT2D eigenvalue weighted by atomic mass is 16.2. The van der Waals surface area contributed by atoms with Gasteiger partial charge in [-0.15, -0.1) is 0 Å². The molecule has 1 aliphatic rings. The fraction of sp³-hybridized carbons (Fsp3) is 0.500. The molecule has 1 aromatic carbocycles. The SMILES string of the molecule is CC(C)N1C[C@H](C(=O)N[C@@H](C)c2ccccc2)CC1=O. The molecule has 1 saturated heterocycles. The molecule has 0 bridgehead atoms. The van der Waals surface area contributed by atoms with Gasteiger partial charge in [0.15, 0.2) is 0 Å². The van der Waals surface area contributed by atoms with Gasteiger partial charge in [-0.1, -0.05) is 30.3 Å². The molecule has 1 N–H and O–H groups in total. The quantitative estimate of drug-likeness (QED) is 0.914. The molecule has 20 heavy (non-hydrogen) atoms.